The zero-order valence-electron chi connectivity index (χ0n) is 20.5. The fraction of sp³-hybridized carbons (Fsp3) is 0.852. The molecular weight excluding hydrogens is 388 g/mol. The van der Waals surface area contributed by atoms with Gasteiger partial charge in [-0.1, -0.05) is 110 Å². The molecule has 0 aromatic heterocycles. The maximum absolute atomic E-state index is 12.7. The Labute approximate surface area is 191 Å². The van der Waals surface area contributed by atoms with Crippen molar-refractivity contribution in [1.82, 2.24) is 0 Å². The number of unbranched alkanes of at least 4 members (excludes halogenated alkanes) is 12. The first-order valence-corrected chi connectivity index (χ1v) is 13.1. The van der Waals surface area contributed by atoms with Crippen LogP contribution in [0.1, 0.15) is 117 Å². The van der Waals surface area contributed by atoms with Gasteiger partial charge in [-0.05, 0) is 25.2 Å². The van der Waals surface area contributed by atoms with E-state index >= 15 is 0 Å². The Morgan fingerprint density at radius 3 is 1.68 bits per heavy atom. The number of allylic oxidation sites excluding steroid dienone is 2. The third kappa shape index (κ3) is 12.3. The van der Waals surface area contributed by atoms with Crippen LogP contribution in [0.4, 0.5) is 0 Å². The van der Waals surface area contributed by atoms with E-state index in [0.29, 0.717) is 19.6 Å². The summed E-state index contributed by atoms with van der Waals surface area (Å²) in [5, 5.41) is 0. The molecule has 0 aromatic rings. The molecule has 4 heteroatoms. The number of hydrogen-bond donors (Lipinski definition) is 0. The summed E-state index contributed by atoms with van der Waals surface area (Å²) in [7, 11) is 0. The van der Waals surface area contributed by atoms with Crippen molar-refractivity contribution in [2.24, 2.45) is 17.8 Å². The highest BCUT2D eigenvalue weighted by Crippen LogP contribution is 2.32. The van der Waals surface area contributed by atoms with Gasteiger partial charge in [0, 0.05) is 0 Å². The molecule has 1 rings (SSSR count). The molecule has 0 saturated carbocycles. The second-order valence-corrected chi connectivity index (χ2v) is 9.23. The van der Waals surface area contributed by atoms with Crippen molar-refractivity contribution < 1.29 is 19.1 Å². The smallest absolute Gasteiger partial charge is 0.310 e. The Kier molecular flexibility index (Phi) is 16.3. The van der Waals surface area contributed by atoms with Gasteiger partial charge >= 0.3 is 11.9 Å². The molecule has 31 heavy (non-hydrogen) atoms. The van der Waals surface area contributed by atoms with E-state index in [1.54, 1.807) is 0 Å². The zero-order chi connectivity index (χ0) is 22.7. The first-order valence-electron chi connectivity index (χ1n) is 13.1. The van der Waals surface area contributed by atoms with Crippen LogP contribution >= 0.6 is 0 Å². The van der Waals surface area contributed by atoms with Gasteiger partial charge in [-0.15, -0.1) is 0 Å². The Morgan fingerprint density at radius 1 is 0.710 bits per heavy atom. The summed E-state index contributed by atoms with van der Waals surface area (Å²) >= 11 is 0. The van der Waals surface area contributed by atoms with E-state index in [1.807, 2.05) is 19.1 Å². The van der Waals surface area contributed by atoms with Gasteiger partial charge in [0.05, 0.1) is 25.0 Å². The molecule has 0 amide bonds. The van der Waals surface area contributed by atoms with Gasteiger partial charge < -0.3 is 9.47 Å². The molecule has 3 atom stereocenters. The van der Waals surface area contributed by atoms with Crippen LogP contribution in [0.25, 0.3) is 0 Å². The SMILES string of the molecule is CCCCCCCCCOC(=O)C1CC=CC(C)C1C(=O)OCCCCCCCCC. The molecule has 0 saturated heterocycles. The van der Waals surface area contributed by atoms with Crippen LogP contribution in [0.5, 0.6) is 0 Å². The molecule has 0 bridgehead atoms. The molecular formula is C27H48O4. The van der Waals surface area contributed by atoms with E-state index in [4.69, 9.17) is 9.47 Å². The molecule has 0 heterocycles. The fourth-order valence-electron chi connectivity index (χ4n) is 4.36. The highest BCUT2D eigenvalue weighted by Gasteiger charge is 2.40. The molecule has 0 fully saturated rings. The summed E-state index contributed by atoms with van der Waals surface area (Å²) in [4.78, 5) is 25.4. The lowest BCUT2D eigenvalue weighted by Gasteiger charge is -2.30. The van der Waals surface area contributed by atoms with Crippen molar-refractivity contribution in [3.8, 4) is 0 Å². The fourth-order valence-corrected chi connectivity index (χ4v) is 4.36. The molecule has 0 spiro atoms. The van der Waals surface area contributed by atoms with Crippen molar-refractivity contribution in [3.05, 3.63) is 12.2 Å². The van der Waals surface area contributed by atoms with Crippen LogP contribution in [0.3, 0.4) is 0 Å². The van der Waals surface area contributed by atoms with Crippen LogP contribution in [0.2, 0.25) is 0 Å². The molecule has 180 valence electrons. The Balaban J connectivity index is 2.29. The van der Waals surface area contributed by atoms with Crippen molar-refractivity contribution in [2.45, 2.75) is 117 Å². The van der Waals surface area contributed by atoms with Crippen LogP contribution in [-0.4, -0.2) is 25.2 Å². The van der Waals surface area contributed by atoms with Crippen molar-refractivity contribution in [2.75, 3.05) is 13.2 Å². The average molecular weight is 437 g/mol. The van der Waals surface area contributed by atoms with E-state index in [0.717, 1.165) is 25.7 Å². The third-order valence-electron chi connectivity index (χ3n) is 6.39. The predicted molar refractivity (Wildman–Crippen MR) is 128 cm³/mol. The van der Waals surface area contributed by atoms with Gasteiger partial charge in [-0.2, -0.15) is 0 Å². The largest absolute Gasteiger partial charge is 0.465 e. The average Bonchev–Trinajstić information content (AvgIpc) is 2.76. The molecule has 1 aliphatic carbocycles. The minimum absolute atomic E-state index is 0.00593. The van der Waals surface area contributed by atoms with E-state index in [9.17, 15) is 9.59 Å². The van der Waals surface area contributed by atoms with Crippen molar-refractivity contribution >= 4 is 11.9 Å². The zero-order valence-corrected chi connectivity index (χ0v) is 20.5. The standard InChI is InChI=1S/C27H48O4/c1-4-6-8-10-12-14-16-21-30-26(28)24-20-18-19-23(3)25(24)27(29)31-22-17-15-13-11-9-7-5-2/h18-19,23-25H,4-17,20-22H2,1-3H3. The minimum Gasteiger partial charge on any atom is -0.465 e. The van der Waals surface area contributed by atoms with Crippen LogP contribution in [-0.2, 0) is 19.1 Å². The summed E-state index contributed by atoms with van der Waals surface area (Å²) < 4.78 is 11.1. The summed E-state index contributed by atoms with van der Waals surface area (Å²) in [6.07, 6.45) is 21.3. The topological polar surface area (TPSA) is 52.6 Å². The maximum Gasteiger partial charge on any atom is 0.310 e. The Bertz CT molecular complexity index is 499. The number of esters is 2. The summed E-state index contributed by atoms with van der Waals surface area (Å²) in [5.41, 5.74) is 0. The molecule has 4 nitrogen and oxygen atoms in total. The second-order valence-electron chi connectivity index (χ2n) is 9.23. The molecule has 1 aliphatic rings. The van der Waals surface area contributed by atoms with Gasteiger partial charge in [0.2, 0.25) is 0 Å². The van der Waals surface area contributed by atoms with E-state index in [1.165, 1.54) is 64.2 Å². The van der Waals surface area contributed by atoms with E-state index in [-0.39, 0.29) is 17.9 Å². The highest BCUT2D eigenvalue weighted by atomic mass is 16.5. The molecule has 0 aliphatic heterocycles. The van der Waals surface area contributed by atoms with Crippen LogP contribution in [0, 0.1) is 17.8 Å². The lowest BCUT2D eigenvalue weighted by molar-refractivity contribution is -0.162. The number of carbonyl (C=O) groups excluding carboxylic acids is 2. The van der Waals surface area contributed by atoms with Gasteiger partial charge in [0.1, 0.15) is 0 Å². The third-order valence-corrected chi connectivity index (χ3v) is 6.39. The predicted octanol–water partition coefficient (Wildman–Crippen LogP) is 7.40. The number of ether oxygens (including phenoxy) is 2. The van der Waals surface area contributed by atoms with Gasteiger partial charge in [0.15, 0.2) is 0 Å². The number of hydrogen-bond acceptors (Lipinski definition) is 4. The van der Waals surface area contributed by atoms with Gasteiger partial charge in [0.25, 0.3) is 0 Å². The highest BCUT2D eigenvalue weighted by molar-refractivity contribution is 5.83. The van der Waals surface area contributed by atoms with Crippen molar-refractivity contribution in [1.29, 1.82) is 0 Å². The minimum atomic E-state index is -0.420. The lowest BCUT2D eigenvalue weighted by Crippen LogP contribution is -2.38. The first-order chi connectivity index (χ1) is 15.1. The van der Waals surface area contributed by atoms with Crippen LogP contribution in [0.15, 0.2) is 12.2 Å². The summed E-state index contributed by atoms with van der Waals surface area (Å²) in [5.74, 6) is -1.30. The normalized spacial score (nSPS) is 20.5. The van der Waals surface area contributed by atoms with Gasteiger partial charge in [-0.25, -0.2) is 0 Å². The van der Waals surface area contributed by atoms with E-state index in [2.05, 4.69) is 13.8 Å². The summed E-state index contributed by atoms with van der Waals surface area (Å²) in [6.45, 7) is 7.35. The molecule has 0 radical (unpaired) electrons. The van der Waals surface area contributed by atoms with Gasteiger partial charge in [-0.3, -0.25) is 9.59 Å². The molecule has 3 unspecified atom stereocenters. The quantitative estimate of drug-likeness (QED) is 0.128. The number of carbonyl (C=O) groups is 2. The monoisotopic (exact) mass is 436 g/mol. The maximum atomic E-state index is 12.7. The first kappa shape index (κ1) is 27.7. The molecule has 0 N–H and O–H groups in total. The van der Waals surface area contributed by atoms with E-state index < -0.39 is 11.8 Å². The Morgan fingerprint density at radius 2 is 1.16 bits per heavy atom. The molecule has 0 aromatic carbocycles. The Hall–Kier alpha value is -1.32. The lowest BCUT2D eigenvalue weighted by atomic mass is 9.76. The number of rotatable bonds is 18. The van der Waals surface area contributed by atoms with Crippen LogP contribution < -0.4 is 0 Å². The summed E-state index contributed by atoms with van der Waals surface area (Å²) in [6, 6.07) is 0. The van der Waals surface area contributed by atoms with Crippen molar-refractivity contribution in [3.63, 3.8) is 0 Å². The second kappa shape index (κ2) is 18.3.